The smallest absolute Gasteiger partial charge is 0.320 e. The zero-order valence-electron chi connectivity index (χ0n) is 8.73. The maximum Gasteiger partial charge on any atom is 0.320 e. The highest BCUT2D eigenvalue weighted by Gasteiger charge is 2.21. The van der Waals surface area contributed by atoms with Crippen molar-refractivity contribution in [2.24, 2.45) is 0 Å². The van der Waals surface area contributed by atoms with Gasteiger partial charge in [-0.2, -0.15) is 0 Å². The Labute approximate surface area is 101 Å². The molecule has 98 valence electrons. The van der Waals surface area contributed by atoms with E-state index in [1.54, 1.807) is 4.72 Å². The first-order chi connectivity index (χ1) is 8.21. The number of anilines is 1. The lowest BCUT2D eigenvalue weighted by Crippen LogP contribution is -2.22. The Kier molecular flexibility index (Phi) is 3.71. The number of nitro groups is 1. The molecule has 3 N–H and O–H groups in total. The molecular weight excluding hydrogens is 268 g/mol. The van der Waals surface area contributed by atoms with Gasteiger partial charge in [-0.1, -0.05) is 0 Å². The van der Waals surface area contributed by atoms with Crippen molar-refractivity contribution in [1.29, 1.82) is 0 Å². The monoisotopic (exact) mass is 276 g/mol. The number of hydrogen-bond donors (Lipinski definition) is 3. The number of aliphatic carboxylic acids is 1. The van der Waals surface area contributed by atoms with E-state index in [0.29, 0.717) is 0 Å². The molecule has 10 heteroatoms. The number of benzene rings is 1. The second-order valence-corrected chi connectivity index (χ2v) is 4.94. The van der Waals surface area contributed by atoms with Crippen LogP contribution < -0.4 is 4.72 Å². The first-order valence-electron chi connectivity index (χ1n) is 4.41. The molecule has 0 aromatic heterocycles. The van der Waals surface area contributed by atoms with Crippen LogP contribution in [-0.2, 0) is 14.8 Å². The summed E-state index contributed by atoms with van der Waals surface area (Å²) in [6.07, 6.45) is 0. The second kappa shape index (κ2) is 4.87. The van der Waals surface area contributed by atoms with Gasteiger partial charge < -0.3 is 10.2 Å². The van der Waals surface area contributed by atoms with E-state index in [4.69, 9.17) is 10.2 Å². The summed E-state index contributed by atoms with van der Waals surface area (Å²) in [7, 11) is -4.24. The number of carbonyl (C=O) groups is 1. The van der Waals surface area contributed by atoms with Gasteiger partial charge in [0.25, 0.3) is 5.69 Å². The number of carboxylic acids is 1. The molecule has 0 atom stereocenters. The third-order valence-corrected chi connectivity index (χ3v) is 2.91. The normalized spacial score (nSPS) is 10.9. The fourth-order valence-corrected chi connectivity index (χ4v) is 2.03. The Hall–Kier alpha value is -2.36. The van der Waals surface area contributed by atoms with Gasteiger partial charge in [-0.3, -0.25) is 19.6 Å². The largest absolute Gasteiger partial charge is 0.508 e. The van der Waals surface area contributed by atoms with Crippen molar-refractivity contribution in [3.05, 3.63) is 28.3 Å². The number of hydrogen-bond acceptors (Lipinski definition) is 6. The van der Waals surface area contributed by atoms with Gasteiger partial charge in [-0.25, -0.2) is 8.42 Å². The summed E-state index contributed by atoms with van der Waals surface area (Å²) in [4.78, 5) is 20.0. The van der Waals surface area contributed by atoms with Crippen LogP contribution in [0.15, 0.2) is 18.2 Å². The number of sulfonamides is 1. The highest BCUT2D eigenvalue weighted by Crippen LogP contribution is 2.29. The molecule has 18 heavy (non-hydrogen) atoms. The molecule has 0 amide bonds. The minimum atomic E-state index is -4.24. The van der Waals surface area contributed by atoms with Crippen LogP contribution in [0.1, 0.15) is 0 Å². The summed E-state index contributed by atoms with van der Waals surface area (Å²) >= 11 is 0. The number of nitrogens with zero attached hydrogens (tertiary/aromatic N) is 1. The van der Waals surface area contributed by atoms with Crippen LogP contribution in [0.5, 0.6) is 5.75 Å². The molecule has 0 bridgehead atoms. The lowest BCUT2D eigenvalue weighted by atomic mass is 10.2. The Bertz CT molecular complexity index is 595. The molecule has 0 aliphatic carbocycles. The number of aromatic hydroxyl groups is 1. The molecule has 1 aromatic carbocycles. The van der Waals surface area contributed by atoms with Crippen molar-refractivity contribution in [2.45, 2.75) is 0 Å². The SMILES string of the molecule is O=C(O)CS(=O)(=O)Nc1ccc(O)cc1[N+](=O)[O-]. The van der Waals surface area contributed by atoms with Crippen LogP contribution in [0.4, 0.5) is 11.4 Å². The van der Waals surface area contributed by atoms with E-state index in [-0.39, 0.29) is 0 Å². The molecule has 0 spiro atoms. The molecule has 0 aliphatic rings. The number of phenols is 1. The molecule has 1 aromatic rings. The summed E-state index contributed by atoms with van der Waals surface area (Å²) in [5.41, 5.74) is -1.09. The van der Waals surface area contributed by atoms with Gasteiger partial charge in [0.1, 0.15) is 11.4 Å². The molecule has 1 rings (SSSR count). The van der Waals surface area contributed by atoms with E-state index in [1.807, 2.05) is 0 Å². The van der Waals surface area contributed by atoms with Crippen LogP contribution in [0.3, 0.4) is 0 Å². The second-order valence-electron chi connectivity index (χ2n) is 3.21. The summed E-state index contributed by atoms with van der Waals surface area (Å²) in [6.45, 7) is 0. The van der Waals surface area contributed by atoms with Crippen molar-refractivity contribution in [3.8, 4) is 5.75 Å². The minimum absolute atomic E-state index is 0.414. The number of nitrogens with one attached hydrogen (secondary N) is 1. The Morgan fingerprint density at radius 1 is 1.44 bits per heavy atom. The molecule has 0 saturated heterocycles. The van der Waals surface area contributed by atoms with Crippen LogP contribution in [0, 0.1) is 10.1 Å². The van der Waals surface area contributed by atoms with E-state index in [2.05, 4.69) is 0 Å². The fraction of sp³-hybridized carbons (Fsp3) is 0.125. The third-order valence-electron chi connectivity index (χ3n) is 1.76. The molecule has 0 radical (unpaired) electrons. The van der Waals surface area contributed by atoms with Crippen LogP contribution >= 0.6 is 0 Å². The highest BCUT2D eigenvalue weighted by atomic mass is 32.2. The highest BCUT2D eigenvalue weighted by molar-refractivity contribution is 7.93. The number of rotatable bonds is 5. The van der Waals surface area contributed by atoms with Crippen molar-refractivity contribution < 1.29 is 28.3 Å². The first kappa shape index (κ1) is 13.7. The summed E-state index contributed by atoms with van der Waals surface area (Å²) in [5, 5.41) is 28.0. The molecule has 0 unspecified atom stereocenters. The van der Waals surface area contributed by atoms with Gasteiger partial charge in [-0.05, 0) is 12.1 Å². The standard InChI is InChI=1S/C8H8N2O7S/c11-5-1-2-6(7(3-5)10(14)15)9-18(16,17)4-8(12)13/h1-3,9,11H,4H2,(H,12,13). The molecular formula is C8H8N2O7S. The summed E-state index contributed by atoms with van der Waals surface area (Å²) in [6, 6.07) is 2.75. The van der Waals surface area contributed by atoms with Gasteiger partial charge in [0, 0.05) is 0 Å². The molecule has 0 aliphatic heterocycles. The number of nitro benzene ring substituents is 1. The third kappa shape index (κ3) is 3.59. The van der Waals surface area contributed by atoms with Gasteiger partial charge in [0.05, 0.1) is 11.0 Å². The summed E-state index contributed by atoms with van der Waals surface area (Å²) in [5.74, 6) is -3.22. The van der Waals surface area contributed by atoms with E-state index in [9.17, 15) is 23.3 Å². The zero-order valence-corrected chi connectivity index (χ0v) is 9.55. The minimum Gasteiger partial charge on any atom is -0.508 e. The van der Waals surface area contributed by atoms with E-state index < -0.39 is 43.8 Å². The maximum absolute atomic E-state index is 11.3. The topological polar surface area (TPSA) is 147 Å². The fourth-order valence-electron chi connectivity index (χ4n) is 1.12. The predicted octanol–water partition coefficient (Wildman–Crippen LogP) is 0.127. The molecule has 9 nitrogen and oxygen atoms in total. The average molecular weight is 276 g/mol. The van der Waals surface area contributed by atoms with E-state index in [0.717, 1.165) is 18.2 Å². The van der Waals surface area contributed by atoms with Crippen molar-refractivity contribution in [1.82, 2.24) is 0 Å². The van der Waals surface area contributed by atoms with Gasteiger partial charge >= 0.3 is 5.97 Å². The maximum atomic E-state index is 11.3. The zero-order chi connectivity index (χ0) is 13.9. The van der Waals surface area contributed by atoms with Crippen LogP contribution in [-0.4, -0.2) is 35.3 Å². The van der Waals surface area contributed by atoms with Crippen molar-refractivity contribution in [3.63, 3.8) is 0 Å². The Balaban J connectivity index is 3.12. The Morgan fingerprint density at radius 3 is 2.56 bits per heavy atom. The van der Waals surface area contributed by atoms with Crippen molar-refractivity contribution >= 4 is 27.4 Å². The quantitative estimate of drug-likeness (QED) is 0.393. The van der Waals surface area contributed by atoms with Crippen molar-refractivity contribution in [2.75, 3.05) is 10.5 Å². The Morgan fingerprint density at radius 2 is 2.06 bits per heavy atom. The molecule has 0 heterocycles. The predicted molar refractivity (Wildman–Crippen MR) is 59.8 cm³/mol. The average Bonchev–Trinajstić information content (AvgIpc) is 2.18. The van der Waals surface area contributed by atoms with E-state index in [1.165, 1.54) is 0 Å². The van der Waals surface area contributed by atoms with E-state index >= 15 is 0 Å². The van der Waals surface area contributed by atoms with Crippen LogP contribution in [0.25, 0.3) is 0 Å². The van der Waals surface area contributed by atoms with Gasteiger partial charge in [-0.15, -0.1) is 0 Å². The molecule has 0 fully saturated rings. The van der Waals surface area contributed by atoms with Gasteiger partial charge in [0.2, 0.25) is 10.0 Å². The van der Waals surface area contributed by atoms with Crippen LogP contribution in [0.2, 0.25) is 0 Å². The first-order valence-corrected chi connectivity index (χ1v) is 6.06. The summed E-state index contributed by atoms with van der Waals surface area (Å²) < 4.78 is 24.4. The van der Waals surface area contributed by atoms with Gasteiger partial charge in [0.15, 0.2) is 5.75 Å². The number of carboxylic acid groups (broad SMARTS) is 1. The lowest BCUT2D eigenvalue weighted by molar-refractivity contribution is -0.384. The lowest BCUT2D eigenvalue weighted by Gasteiger charge is -2.06. The number of phenolic OH excluding ortho intramolecular Hbond substituents is 1. The molecule has 0 saturated carbocycles.